The molecule has 0 saturated heterocycles. The van der Waals surface area contributed by atoms with Crippen molar-refractivity contribution in [2.45, 2.75) is 17.8 Å². The number of alkyl halides is 3. The average Bonchev–Trinajstić information content (AvgIpc) is 3.16. The van der Waals surface area contributed by atoms with Crippen molar-refractivity contribution in [1.82, 2.24) is 14.8 Å². The van der Waals surface area contributed by atoms with E-state index in [-0.39, 0.29) is 29.6 Å². The van der Waals surface area contributed by atoms with Crippen molar-refractivity contribution < 1.29 is 32.3 Å². The summed E-state index contributed by atoms with van der Waals surface area (Å²) in [5.74, 6) is -1.10. The number of aromatic nitrogens is 3. The smallest absolute Gasteiger partial charge is 0.416 e. The van der Waals surface area contributed by atoms with Gasteiger partial charge in [0.1, 0.15) is 5.82 Å². The largest absolute Gasteiger partial charge is 0.465 e. The van der Waals surface area contributed by atoms with Crippen LogP contribution < -0.4 is 10.6 Å². The number of esters is 1. The average molecular weight is 507 g/mol. The Morgan fingerprint density at radius 1 is 1.00 bits per heavy atom. The van der Waals surface area contributed by atoms with E-state index in [1.807, 2.05) is 0 Å². The van der Waals surface area contributed by atoms with Crippen molar-refractivity contribution in [2.75, 3.05) is 23.5 Å². The van der Waals surface area contributed by atoms with Gasteiger partial charge in [-0.25, -0.2) is 4.79 Å². The van der Waals surface area contributed by atoms with E-state index in [2.05, 4.69) is 25.6 Å². The van der Waals surface area contributed by atoms with Crippen LogP contribution in [0.4, 0.5) is 24.5 Å². The van der Waals surface area contributed by atoms with Gasteiger partial charge in [-0.2, -0.15) is 13.2 Å². The number of anilines is 2. The van der Waals surface area contributed by atoms with Gasteiger partial charge in [-0.1, -0.05) is 17.8 Å². The van der Waals surface area contributed by atoms with E-state index in [9.17, 15) is 27.6 Å². The predicted molar refractivity (Wildman–Crippen MR) is 122 cm³/mol. The summed E-state index contributed by atoms with van der Waals surface area (Å²) in [6, 6.07) is 10.5. The Balaban J connectivity index is 1.53. The lowest BCUT2D eigenvalue weighted by Gasteiger charge is -2.10. The minimum atomic E-state index is -4.52. The third-order valence-corrected chi connectivity index (χ3v) is 5.66. The highest BCUT2D eigenvalue weighted by Gasteiger charge is 2.30. The molecule has 1 aromatic heterocycles. The Morgan fingerprint density at radius 2 is 1.69 bits per heavy atom. The molecule has 0 bridgehead atoms. The number of rotatable bonds is 8. The van der Waals surface area contributed by atoms with E-state index in [0.29, 0.717) is 16.4 Å². The number of ether oxygens (including phenoxy) is 1. The molecule has 2 amide bonds. The van der Waals surface area contributed by atoms with Gasteiger partial charge in [0.05, 0.1) is 30.4 Å². The maximum Gasteiger partial charge on any atom is 0.416 e. The summed E-state index contributed by atoms with van der Waals surface area (Å²) in [6.45, 7) is 0. The molecule has 0 atom stereocenters. The maximum absolute atomic E-state index is 12.8. The second kappa shape index (κ2) is 11.0. The SMILES string of the molecule is COC(=O)c1ccc(NC(=O)CSc2nnc(CC(=O)Nc3cccc(C(F)(F)F)c3)n2C)cc1. The number of carbonyl (C=O) groups is 3. The van der Waals surface area contributed by atoms with Gasteiger partial charge < -0.3 is 19.9 Å². The molecule has 0 radical (unpaired) electrons. The Morgan fingerprint density at radius 3 is 2.34 bits per heavy atom. The number of benzene rings is 2. The molecular formula is C22H20F3N5O4S. The number of halogens is 3. The highest BCUT2D eigenvalue weighted by Crippen LogP contribution is 2.30. The number of hydrogen-bond acceptors (Lipinski definition) is 7. The summed E-state index contributed by atoms with van der Waals surface area (Å²) in [5, 5.41) is 13.4. The quantitative estimate of drug-likeness (QED) is 0.354. The first-order valence-corrected chi connectivity index (χ1v) is 11.0. The molecule has 2 N–H and O–H groups in total. The molecule has 3 aromatic rings. The molecule has 0 saturated carbocycles. The summed E-state index contributed by atoms with van der Waals surface area (Å²) < 4.78 is 44.6. The molecule has 2 aromatic carbocycles. The van der Waals surface area contributed by atoms with Crippen LogP contribution in [-0.2, 0) is 34.0 Å². The number of amides is 2. The normalized spacial score (nSPS) is 11.1. The highest BCUT2D eigenvalue weighted by atomic mass is 32.2. The number of nitrogens with zero attached hydrogens (tertiary/aromatic N) is 3. The van der Waals surface area contributed by atoms with Crippen LogP contribution in [0.2, 0.25) is 0 Å². The van der Waals surface area contributed by atoms with Gasteiger partial charge in [0.2, 0.25) is 11.8 Å². The van der Waals surface area contributed by atoms with Crippen molar-refractivity contribution in [3.05, 3.63) is 65.5 Å². The van der Waals surface area contributed by atoms with Gasteiger partial charge in [0.25, 0.3) is 0 Å². The van der Waals surface area contributed by atoms with Crippen LogP contribution in [0.3, 0.4) is 0 Å². The van der Waals surface area contributed by atoms with Crippen LogP contribution in [0.25, 0.3) is 0 Å². The third kappa shape index (κ3) is 7.06. The number of hydrogen-bond donors (Lipinski definition) is 2. The molecule has 9 nitrogen and oxygen atoms in total. The van der Waals surface area contributed by atoms with Gasteiger partial charge in [-0.15, -0.1) is 10.2 Å². The zero-order chi connectivity index (χ0) is 25.6. The molecule has 35 heavy (non-hydrogen) atoms. The number of nitrogens with one attached hydrogen (secondary N) is 2. The summed E-state index contributed by atoms with van der Waals surface area (Å²) in [6.07, 6.45) is -4.74. The van der Waals surface area contributed by atoms with Crippen LogP contribution >= 0.6 is 11.8 Å². The molecule has 0 aliphatic carbocycles. The Kier molecular flexibility index (Phi) is 8.12. The summed E-state index contributed by atoms with van der Waals surface area (Å²) >= 11 is 1.09. The number of carbonyl (C=O) groups excluding carboxylic acids is 3. The van der Waals surface area contributed by atoms with Crippen LogP contribution in [0.5, 0.6) is 0 Å². The topological polar surface area (TPSA) is 115 Å². The van der Waals surface area contributed by atoms with E-state index >= 15 is 0 Å². The molecule has 0 aliphatic rings. The van der Waals surface area contributed by atoms with Crippen molar-refractivity contribution >= 4 is 40.9 Å². The first-order chi connectivity index (χ1) is 16.6. The van der Waals surface area contributed by atoms with E-state index in [4.69, 9.17) is 0 Å². The van der Waals surface area contributed by atoms with Crippen LogP contribution in [-0.4, -0.2) is 45.4 Å². The van der Waals surface area contributed by atoms with Crippen molar-refractivity contribution in [3.63, 3.8) is 0 Å². The first-order valence-electron chi connectivity index (χ1n) is 10.0. The lowest BCUT2D eigenvalue weighted by Crippen LogP contribution is -2.18. The second-order valence-electron chi connectivity index (χ2n) is 7.17. The molecule has 1 heterocycles. The fourth-order valence-corrected chi connectivity index (χ4v) is 3.61. The predicted octanol–water partition coefficient (Wildman–Crippen LogP) is 3.53. The minimum absolute atomic E-state index is 0.00115. The van der Waals surface area contributed by atoms with Crippen LogP contribution in [0, 0.1) is 0 Å². The summed E-state index contributed by atoms with van der Waals surface area (Å²) in [5.41, 5.74) is -0.0139. The van der Waals surface area contributed by atoms with E-state index in [0.717, 1.165) is 23.9 Å². The van der Waals surface area contributed by atoms with Crippen molar-refractivity contribution in [2.24, 2.45) is 7.05 Å². The monoisotopic (exact) mass is 507 g/mol. The molecule has 3 rings (SSSR count). The van der Waals surface area contributed by atoms with Gasteiger partial charge >= 0.3 is 12.1 Å². The number of methoxy groups -OCH3 is 1. The Labute approximate surface area is 202 Å². The molecule has 13 heteroatoms. The zero-order valence-corrected chi connectivity index (χ0v) is 19.4. The fourth-order valence-electron chi connectivity index (χ4n) is 2.88. The molecule has 0 aliphatic heterocycles. The van der Waals surface area contributed by atoms with E-state index in [1.54, 1.807) is 19.2 Å². The van der Waals surface area contributed by atoms with Crippen LogP contribution in [0.1, 0.15) is 21.7 Å². The molecular weight excluding hydrogens is 487 g/mol. The minimum Gasteiger partial charge on any atom is -0.465 e. The zero-order valence-electron chi connectivity index (χ0n) is 18.5. The fraction of sp³-hybridized carbons (Fsp3) is 0.227. The van der Waals surface area contributed by atoms with E-state index in [1.165, 1.54) is 35.9 Å². The molecule has 0 fully saturated rings. The molecule has 184 valence electrons. The standard InChI is InChI=1S/C22H20F3N5O4S/c1-30-17(11-18(31)27-16-5-3-4-14(10-16)22(23,24)25)28-29-21(30)35-12-19(32)26-15-8-6-13(7-9-15)20(33)34-2/h3-10H,11-12H2,1-2H3,(H,26,32)(H,27,31). The molecule has 0 spiro atoms. The summed E-state index contributed by atoms with van der Waals surface area (Å²) in [7, 11) is 2.88. The van der Waals surface area contributed by atoms with Crippen LogP contribution in [0.15, 0.2) is 53.7 Å². The lowest BCUT2D eigenvalue weighted by molar-refractivity contribution is -0.137. The highest BCUT2D eigenvalue weighted by molar-refractivity contribution is 7.99. The number of thioether (sulfide) groups is 1. The maximum atomic E-state index is 12.8. The van der Waals surface area contributed by atoms with E-state index < -0.39 is 23.6 Å². The van der Waals surface area contributed by atoms with Gasteiger partial charge in [-0.05, 0) is 42.5 Å². The summed E-state index contributed by atoms with van der Waals surface area (Å²) in [4.78, 5) is 36.0. The lowest BCUT2D eigenvalue weighted by atomic mass is 10.2. The molecule has 0 unspecified atom stereocenters. The van der Waals surface area contributed by atoms with Crippen molar-refractivity contribution in [1.29, 1.82) is 0 Å². The first kappa shape index (κ1) is 25.7. The second-order valence-corrected chi connectivity index (χ2v) is 8.11. The third-order valence-electron chi connectivity index (χ3n) is 4.64. The Hall–Kier alpha value is -3.87. The Bertz CT molecular complexity index is 1230. The van der Waals surface area contributed by atoms with Gasteiger partial charge in [-0.3, -0.25) is 9.59 Å². The van der Waals surface area contributed by atoms with Gasteiger partial charge in [0.15, 0.2) is 5.16 Å². The van der Waals surface area contributed by atoms with Gasteiger partial charge in [0, 0.05) is 18.4 Å². The van der Waals surface area contributed by atoms with Crippen molar-refractivity contribution in [3.8, 4) is 0 Å².